The van der Waals surface area contributed by atoms with E-state index in [4.69, 9.17) is 0 Å². The standard InChI is InChI=1S/C12H16O2/c1-8(2)11(13)12(14)10-6-4-9(3)5-7-10/h4-8,11,13H,1-3H3. The molecular weight excluding hydrogens is 176 g/mol. The van der Waals surface area contributed by atoms with Gasteiger partial charge in [0.05, 0.1) is 0 Å². The summed E-state index contributed by atoms with van der Waals surface area (Å²) in [5.74, 6) is -0.233. The van der Waals surface area contributed by atoms with Gasteiger partial charge in [0.1, 0.15) is 6.10 Å². The average Bonchev–Trinajstić information content (AvgIpc) is 2.16. The molecule has 1 unspecified atom stereocenters. The number of benzene rings is 1. The van der Waals surface area contributed by atoms with Crippen LogP contribution in [0.15, 0.2) is 24.3 Å². The average molecular weight is 192 g/mol. The van der Waals surface area contributed by atoms with Crippen molar-refractivity contribution in [1.29, 1.82) is 0 Å². The smallest absolute Gasteiger partial charge is 0.191 e. The molecule has 76 valence electrons. The molecule has 2 nitrogen and oxygen atoms in total. The molecule has 0 aliphatic rings. The van der Waals surface area contributed by atoms with Crippen LogP contribution in [0.4, 0.5) is 0 Å². The van der Waals surface area contributed by atoms with Crippen molar-refractivity contribution in [2.75, 3.05) is 0 Å². The third kappa shape index (κ3) is 2.42. The van der Waals surface area contributed by atoms with Gasteiger partial charge in [-0.1, -0.05) is 43.7 Å². The van der Waals surface area contributed by atoms with Crippen molar-refractivity contribution in [2.24, 2.45) is 5.92 Å². The molecule has 1 aromatic rings. The van der Waals surface area contributed by atoms with Gasteiger partial charge in [0.2, 0.25) is 0 Å². The van der Waals surface area contributed by atoms with Gasteiger partial charge in [0.25, 0.3) is 0 Å². The molecule has 0 saturated heterocycles. The monoisotopic (exact) mass is 192 g/mol. The molecule has 1 rings (SSSR count). The minimum absolute atomic E-state index is 0.0381. The Hall–Kier alpha value is -1.15. The van der Waals surface area contributed by atoms with Gasteiger partial charge in [-0.25, -0.2) is 0 Å². The normalized spacial score (nSPS) is 12.9. The molecule has 0 bridgehead atoms. The zero-order valence-electron chi connectivity index (χ0n) is 8.82. The van der Waals surface area contributed by atoms with Crippen molar-refractivity contribution >= 4 is 5.78 Å². The van der Waals surface area contributed by atoms with E-state index in [1.165, 1.54) is 0 Å². The van der Waals surface area contributed by atoms with Gasteiger partial charge < -0.3 is 5.11 Å². The number of Topliss-reactive ketones (excluding diaryl/α,β-unsaturated/α-hetero) is 1. The van der Waals surface area contributed by atoms with Crippen LogP contribution >= 0.6 is 0 Å². The van der Waals surface area contributed by atoms with E-state index in [0.29, 0.717) is 5.56 Å². The Kier molecular flexibility index (Phi) is 3.42. The fourth-order valence-electron chi connectivity index (χ4n) is 1.19. The van der Waals surface area contributed by atoms with E-state index in [1.807, 2.05) is 32.9 Å². The minimum atomic E-state index is -0.891. The third-order valence-corrected chi connectivity index (χ3v) is 2.24. The van der Waals surface area contributed by atoms with E-state index in [2.05, 4.69) is 0 Å². The number of aliphatic hydroxyl groups excluding tert-OH is 1. The Morgan fingerprint density at radius 3 is 2.14 bits per heavy atom. The van der Waals surface area contributed by atoms with Crippen LogP contribution in [-0.4, -0.2) is 17.0 Å². The Balaban J connectivity index is 2.84. The largest absolute Gasteiger partial charge is 0.385 e. The van der Waals surface area contributed by atoms with Gasteiger partial charge in [0.15, 0.2) is 5.78 Å². The van der Waals surface area contributed by atoms with Crippen molar-refractivity contribution < 1.29 is 9.90 Å². The Bertz CT molecular complexity index is 312. The van der Waals surface area contributed by atoms with Crippen molar-refractivity contribution in [1.82, 2.24) is 0 Å². The maximum Gasteiger partial charge on any atom is 0.191 e. The molecule has 0 fully saturated rings. The molecule has 0 amide bonds. The first-order chi connectivity index (χ1) is 6.52. The minimum Gasteiger partial charge on any atom is -0.385 e. The summed E-state index contributed by atoms with van der Waals surface area (Å²) in [4.78, 5) is 11.6. The molecular formula is C12H16O2. The zero-order chi connectivity index (χ0) is 10.7. The van der Waals surface area contributed by atoms with Crippen LogP contribution in [0.1, 0.15) is 29.8 Å². The molecule has 1 N–H and O–H groups in total. The van der Waals surface area contributed by atoms with E-state index in [0.717, 1.165) is 5.56 Å². The number of aliphatic hydroxyl groups is 1. The lowest BCUT2D eigenvalue weighted by molar-refractivity contribution is 0.0648. The van der Waals surface area contributed by atoms with E-state index in [-0.39, 0.29) is 11.7 Å². The Morgan fingerprint density at radius 1 is 1.21 bits per heavy atom. The zero-order valence-corrected chi connectivity index (χ0v) is 8.82. The summed E-state index contributed by atoms with van der Waals surface area (Å²) in [6, 6.07) is 7.26. The van der Waals surface area contributed by atoms with Crippen molar-refractivity contribution in [3.63, 3.8) is 0 Å². The SMILES string of the molecule is Cc1ccc(C(=O)C(O)C(C)C)cc1. The lowest BCUT2D eigenvalue weighted by atomic mass is 9.97. The molecule has 0 radical (unpaired) electrons. The number of aryl methyl sites for hydroxylation is 1. The second-order valence-electron chi connectivity index (χ2n) is 3.92. The Labute approximate surface area is 84.6 Å². The highest BCUT2D eigenvalue weighted by atomic mass is 16.3. The number of ketones is 1. The number of carbonyl (C=O) groups excluding carboxylic acids is 1. The fourth-order valence-corrected chi connectivity index (χ4v) is 1.19. The van der Waals surface area contributed by atoms with Crippen molar-refractivity contribution in [2.45, 2.75) is 26.9 Å². The summed E-state index contributed by atoms with van der Waals surface area (Å²) >= 11 is 0. The molecule has 0 heterocycles. The summed E-state index contributed by atoms with van der Waals surface area (Å²) in [5, 5.41) is 9.57. The van der Waals surface area contributed by atoms with Gasteiger partial charge in [-0.15, -0.1) is 0 Å². The molecule has 0 spiro atoms. The number of carbonyl (C=O) groups is 1. The van der Waals surface area contributed by atoms with E-state index in [9.17, 15) is 9.90 Å². The fraction of sp³-hybridized carbons (Fsp3) is 0.417. The van der Waals surface area contributed by atoms with Crippen LogP contribution < -0.4 is 0 Å². The van der Waals surface area contributed by atoms with Crippen LogP contribution in [0.3, 0.4) is 0 Å². The molecule has 0 aromatic heterocycles. The number of hydrogen-bond donors (Lipinski definition) is 1. The summed E-state index contributed by atoms with van der Waals surface area (Å²) in [7, 11) is 0. The van der Waals surface area contributed by atoms with Gasteiger partial charge in [0, 0.05) is 5.56 Å². The molecule has 2 heteroatoms. The quantitative estimate of drug-likeness (QED) is 0.745. The first kappa shape index (κ1) is 10.9. The topological polar surface area (TPSA) is 37.3 Å². The third-order valence-electron chi connectivity index (χ3n) is 2.24. The first-order valence-corrected chi connectivity index (χ1v) is 4.81. The van der Waals surface area contributed by atoms with Crippen molar-refractivity contribution in [3.8, 4) is 0 Å². The molecule has 1 aromatic carbocycles. The second kappa shape index (κ2) is 4.38. The summed E-state index contributed by atoms with van der Waals surface area (Å²) in [5.41, 5.74) is 1.69. The molecule has 0 aliphatic heterocycles. The summed E-state index contributed by atoms with van der Waals surface area (Å²) < 4.78 is 0. The molecule has 14 heavy (non-hydrogen) atoms. The molecule has 0 aliphatic carbocycles. The van der Waals surface area contributed by atoms with Crippen LogP contribution in [0.25, 0.3) is 0 Å². The highest BCUT2D eigenvalue weighted by molar-refractivity contribution is 5.99. The Morgan fingerprint density at radius 2 is 1.71 bits per heavy atom. The lowest BCUT2D eigenvalue weighted by Crippen LogP contribution is -2.25. The van der Waals surface area contributed by atoms with Crippen molar-refractivity contribution in [3.05, 3.63) is 35.4 Å². The maximum atomic E-state index is 11.6. The number of hydrogen-bond acceptors (Lipinski definition) is 2. The highest BCUT2D eigenvalue weighted by Crippen LogP contribution is 2.11. The predicted octanol–water partition coefficient (Wildman–Crippen LogP) is 2.19. The first-order valence-electron chi connectivity index (χ1n) is 4.81. The number of rotatable bonds is 3. The van der Waals surface area contributed by atoms with E-state index >= 15 is 0 Å². The maximum absolute atomic E-state index is 11.6. The van der Waals surface area contributed by atoms with Gasteiger partial charge in [-0.3, -0.25) is 4.79 Å². The van der Waals surface area contributed by atoms with Crippen LogP contribution in [-0.2, 0) is 0 Å². The predicted molar refractivity (Wildman–Crippen MR) is 56.4 cm³/mol. The van der Waals surface area contributed by atoms with Gasteiger partial charge >= 0.3 is 0 Å². The lowest BCUT2D eigenvalue weighted by Gasteiger charge is -2.12. The highest BCUT2D eigenvalue weighted by Gasteiger charge is 2.19. The van der Waals surface area contributed by atoms with Crippen LogP contribution in [0, 0.1) is 12.8 Å². The van der Waals surface area contributed by atoms with Crippen LogP contribution in [0.2, 0.25) is 0 Å². The molecule has 1 atom stereocenters. The van der Waals surface area contributed by atoms with Gasteiger partial charge in [-0.2, -0.15) is 0 Å². The van der Waals surface area contributed by atoms with E-state index < -0.39 is 6.10 Å². The van der Waals surface area contributed by atoms with E-state index in [1.54, 1.807) is 12.1 Å². The van der Waals surface area contributed by atoms with Gasteiger partial charge in [-0.05, 0) is 12.8 Å². The second-order valence-corrected chi connectivity index (χ2v) is 3.92. The summed E-state index contributed by atoms with van der Waals surface area (Å²) in [6.07, 6.45) is -0.891. The summed E-state index contributed by atoms with van der Waals surface area (Å²) in [6.45, 7) is 5.63. The molecule has 0 saturated carbocycles. The van der Waals surface area contributed by atoms with Crippen LogP contribution in [0.5, 0.6) is 0 Å².